The molecule has 5 nitrogen and oxygen atoms in total. The number of carbonyl (C=O) groups is 1. The van der Waals surface area contributed by atoms with Crippen molar-refractivity contribution in [3.63, 3.8) is 0 Å². The summed E-state index contributed by atoms with van der Waals surface area (Å²) in [4.78, 5) is 23.5. The van der Waals surface area contributed by atoms with Gasteiger partial charge < -0.3 is 4.90 Å². The van der Waals surface area contributed by atoms with Crippen LogP contribution in [0.5, 0.6) is 0 Å². The molecule has 0 saturated heterocycles. The Bertz CT molecular complexity index is 1080. The van der Waals surface area contributed by atoms with E-state index < -0.39 is 0 Å². The number of hydrogen-bond acceptors (Lipinski definition) is 6. The fraction of sp³-hybridized carbons (Fsp3) is 0.167. The van der Waals surface area contributed by atoms with E-state index in [2.05, 4.69) is 15.3 Å². The number of thiazole rings is 2. The van der Waals surface area contributed by atoms with Gasteiger partial charge in [0.15, 0.2) is 5.13 Å². The largest absolute Gasteiger partial charge is 0.378 e. The van der Waals surface area contributed by atoms with Gasteiger partial charge in [-0.25, -0.2) is 9.97 Å². The van der Waals surface area contributed by atoms with Crippen LogP contribution in [0.15, 0.2) is 36.4 Å². The lowest BCUT2D eigenvalue weighted by atomic mass is 10.2. The van der Waals surface area contributed by atoms with Gasteiger partial charge in [0.05, 0.1) is 25.4 Å². The maximum absolute atomic E-state index is 12.5. The summed E-state index contributed by atoms with van der Waals surface area (Å²) in [6, 6.07) is 11.4. The van der Waals surface area contributed by atoms with Crippen LogP contribution in [0.1, 0.15) is 15.4 Å². The van der Waals surface area contributed by atoms with Crippen LogP contribution in [0.25, 0.3) is 20.4 Å². The van der Waals surface area contributed by atoms with Crippen molar-refractivity contribution in [3.8, 4) is 0 Å². The molecule has 0 radical (unpaired) electrons. The van der Waals surface area contributed by atoms with E-state index in [1.165, 1.54) is 11.3 Å². The molecule has 1 N–H and O–H groups in total. The van der Waals surface area contributed by atoms with Gasteiger partial charge in [0, 0.05) is 25.3 Å². The highest BCUT2D eigenvalue weighted by Gasteiger charge is 2.13. The first-order valence-electron chi connectivity index (χ1n) is 7.77. The molecule has 2 aromatic carbocycles. The van der Waals surface area contributed by atoms with E-state index in [9.17, 15) is 4.79 Å². The maximum Gasteiger partial charge on any atom is 0.257 e. The summed E-state index contributed by atoms with van der Waals surface area (Å²) in [6.45, 7) is 2.00. The molecule has 0 aliphatic carbocycles. The van der Waals surface area contributed by atoms with Crippen molar-refractivity contribution in [3.05, 3.63) is 47.0 Å². The van der Waals surface area contributed by atoms with E-state index in [-0.39, 0.29) is 5.91 Å². The van der Waals surface area contributed by atoms with Gasteiger partial charge in [0.25, 0.3) is 5.91 Å². The number of rotatable bonds is 3. The number of nitrogens with zero attached hydrogens (tertiary/aromatic N) is 3. The van der Waals surface area contributed by atoms with Gasteiger partial charge in [0.1, 0.15) is 0 Å². The second-order valence-corrected chi connectivity index (χ2v) is 8.11. The molecule has 4 rings (SSSR count). The summed E-state index contributed by atoms with van der Waals surface area (Å²) in [6.07, 6.45) is 0. The zero-order valence-corrected chi connectivity index (χ0v) is 15.7. The molecule has 126 valence electrons. The summed E-state index contributed by atoms with van der Waals surface area (Å²) < 4.78 is 2.20. The molecule has 0 aliphatic rings. The van der Waals surface area contributed by atoms with Crippen molar-refractivity contribution in [1.29, 1.82) is 0 Å². The normalized spacial score (nSPS) is 11.2. The Morgan fingerprint density at radius 1 is 0.960 bits per heavy atom. The SMILES string of the molecule is Cc1nc2ccc3nc(NC(=O)c4ccc(N(C)C)cc4)sc3c2s1. The highest BCUT2D eigenvalue weighted by atomic mass is 32.1. The van der Waals surface area contributed by atoms with Crippen LogP contribution in [-0.2, 0) is 0 Å². The molecule has 0 saturated carbocycles. The summed E-state index contributed by atoms with van der Waals surface area (Å²) in [5.41, 5.74) is 3.54. The van der Waals surface area contributed by atoms with Gasteiger partial charge in [0.2, 0.25) is 0 Å². The predicted molar refractivity (Wildman–Crippen MR) is 106 cm³/mol. The van der Waals surface area contributed by atoms with Crippen LogP contribution in [0.2, 0.25) is 0 Å². The van der Waals surface area contributed by atoms with Crippen molar-refractivity contribution in [1.82, 2.24) is 9.97 Å². The van der Waals surface area contributed by atoms with Crippen LogP contribution in [0.3, 0.4) is 0 Å². The molecule has 1 amide bonds. The predicted octanol–water partition coefficient (Wildman–Crippen LogP) is 4.53. The first-order chi connectivity index (χ1) is 12.0. The minimum Gasteiger partial charge on any atom is -0.378 e. The van der Waals surface area contributed by atoms with Gasteiger partial charge in [-0.15, -0.1) is 11.3 Å². The molecule has 0 spiro atoms. The molecule has 0 bridgehead atoms. The summed E-state index contributed by atoms with van der Waals surface area (Å²) in [5, 5.41) is 4.54. The number of aryl methyl sites for hydroxylation is 1. The number of amides is 1. The van der Waals surface area contributed by atoms with Crippen LogP contribution >= 0.6 is 22.7 Å². The van der Waals surface area contributed by atoms with Gasteiger partial charge in [-0.3, -0.25) is 10.1 Å². The minimum atomic E-state index is -0.152. The van der Waals surface area contributed by atoms with E-state index >= 15 is 0 Å². The second-order valence-electron chi connectivity index (χ2n) is 5.91. The fourth-order valence-electron chi connectivity index (χ4n) is 2.62. The summed E-state index contributed by atoms with van der Waals surface area (Å²) in [5.74, 6) is -0.152. The molecular weight excluding hydrogens is 352 g/mol. The van der Waals surface area contributed by atoms with Crippen molar-refractivity contribution < 1.29 is 4.79 Å². The Labute approximate surface area is 153 Å². The summed E-state index contributed by atoms with van der Waals surface area (Å²) >= 11 is 3.15. The Morgan fingerprint density at radius 3 is 2.28 bits per heavy atom. The van der Waals surface area contributed by atoms with Crippen LogP contribution in [0.4, 0.5) is 10.8 Å². The van der Waals surface area contributed by atoms with Gasteiger partial charge in [-0.05, 0) is 43.3 Å². The Hall–Kier alpha value is -2.51. The molecule has 0 atom stereocenters. The quantitative estimate of drug-likeness (QED) is 0.577. The smallest absolute Gasteiger partial charge is 0.257 e. The third-order valence-electron chi connectivity index (χ3n) is 3.89. The van der Waals surface area contributed by atoms with Crippen molar-refractivity contribution in [2.45, 2.75) is 6.92 Å². The average molecular weight is 368 g/mol. The molecule has 0 aliphatic heterocycles. The van der Waals surface area contributed by atoms with Crippen LogP contribution in [0, 0.1) is 6.92 Å². The monoisotopic (exact) mass is 368 g/mol. The number of fused-ring (bicyclic) bond motifs is 3. The van der Waals surface area contributed by atoms with E-state index in [0.717, 1.165) is 31.1 Å². The Balaban J connectivity index is 1.63. The highest BCUT2D eigenvalue weighted by Crippen LogP contribution is 2.35. The Morgan fingerprint density at radius 2 is 1.60 bits per heavy atom. The van der Waals surface area contributed by atoms with Crippen molar-refractivity contribution in [2.24, 2.45) is 0 Å². The zero-order chi connectivity index (χ0) is 17.6. The second kappa shape index (κ2) is 6.09. The standard InChI is InChI=1S/C18H16N4OS2/c1-10-19-13-8-9-14-16(15(13)24-10)25-18(20-14)21-17(23)11-4-6-12(7-5-11)22(2)3/h4-9H,1-3H3,(H,20,21,23). The maximum atomic E-state index is 12.5. The van der Waals surface area contributed by atoms with Gasteiger partial charge >= 0.3 is 0 Å². The van der Waals surface area contributed by atoms with E-state index in [1.54, 1.807) is 11.3 Å². The first-order valence-corrected chi connectivity index (χ1v) is 9.40. The molecule has 25 heavy (non-hydrogen) atoms. The Kier molecular flexibility index (Phi) is 3.89. The molecule has 2 aromatic heterocycles. The lowest BCUT2D eigenvalue weighted by Crippen LogP contribution is -2.13. The number of hydrogen-bond donors (Lipinski definition) is 1. The lowest BCUT2D eigenvalue weighted by molar-refractivity contribution is 0.102. The number of anilines is 2. The number of benzene rings is 2. The van der Waals surface area contributed by atoms with E-state index in [1.807, 2.05) is 62.3 Å². The number of carbonyl (C=O) groups excluding carboxylic acids is 1. The third-order valence-corrected chi connectivity index (χ3v) is 6.02. The molecule has 4 aromatic rings. The summed E-state index contributed by atoms with van der Waals surface area (Å²) in [7, 11) is 3.94. The molecule has 0 fully saturated rings. The van der Waals surface area contributed by atoms with E-state index in [0.29, 0.717) is 10.7 Å². The molecule has 7 heteroatoms. The third kappa shape index (κ3) is 2.96. The molecular formula is C18H16N4OS2. The van der Waals surface area contributed by atoms with Gasteiger partial charge in [-0.2, -0.15) is 0 Å². The minimum absolute atomic E-state index is 0.152. The highest BCUT2D eigenvalue weighted by molar-refractivity contribution is 7.28. The van der Waals surface area contributed by atoms with Crippen molar-refractivity contribution in [2.75, 3.05) is 24.3 Å². The number of aromatic nitrogens is 2. The molecule has 0 unspecified atom stereocenters. The lowest BCUT2D eigenvalue weighted by Gasteiger charge is -2.12. The zero-order valence-electron chi connectivity index (χ0n) is 14.0. The first kappa shape index (κ1) is 16.0. The molecule has 2 heterocycles. The van der Waals surface area contributed by atoms with Crippen LogP contribution < -0.4 is 10.2 Å². The number of nitrogens with one attached hydrogen (secondary N) is 1. The van der Waals surface area contributed by atoms with Crippen LogP contribution in [-0.4, -0.2) is 30.0 Å². The fourth-order valence-corrected chi connectivity index (χ4v) is 4.62. The van der Waals surface area contributed by atoms with Crippen molar-refractivity contribution >= 4 is 59.8 Å². The average Bonchev–Trinajstić information content (AvgIpc) is 3.16. The topological polar surface area (TPSA) is 58.1 Å². The van der Waals surface area contributed by atoms with E-state index in [4.69, 9.17) is 0 Å². The van der Waals surface area contributed by atoms with Gasteiger partial charge in [-0.1, -0.05) is 11.3 Å².